The fourth-order valence-corrected chi connectivity index (χ4v) is 3.51. The molecule has 0 radical (unpaired) electrons. The van der Waals surface area contributed by atoms with E-state index in [0.717, 1.165) is 17.7 Å². The molecule has 0 aliphatic rings. The van der Waals surface area contributed by atoms with Gasteiger partial charge in [0.05, 0.1) is 0 Å². The van der Waals surface area contributed by atoms with Gasteiger partial charge in [-0.25, -0.2) is 0 Å². The van der Waals surface area contributed by atoms with Gasteiger partial charge in [0.25, 0.3) is 0 Å². The van der Waals surface area contributed by atoms with Gasteiger partial charge in [-0.15, -0.1) is 6.58 Å². The minimum Gasteiger partial charge on any atom is -0.481 e. The fourth-order valence-electron chi connectivity index (χ4n) is 3.51. The van der Waals surface area contributed by atoms with Gasteiger partial charge >= 0.3 is 5.97 Å². The molecule has 0 heterocycles. The van der Waals surface area contributed by atoms with E-state index in [1.54, 1.807) is 6.08 Å². The van der Waals surface area contributed by atoms with Crippen molar-refractivity contribution < 1.29 is 9.90 Å². The molecule has 0 bridgehead atoms. The summed E-state index contributed by atoms with van der Waals surface area (Å²) in [5, 5.41) is 9.06. The minimum atomic E-state index is -0.770. The quantitative estimate of drug-likeness (QED) is 0.292. The van der Waals surface area contributed by atoms with Gasteiger partial charge in [0.15, 0.2) is 0 Å². The van der Waals surface area contributed by atoms with Gasteiger partial charge in [0.1, 0.15) is 0 Å². The SMILES string of the molecule is C/C=C(C)/C=C/C(=C(/CC(C)(C)C)N(C)c1cccc(CCC(=O)O)c1)c1ccccc1.C=CC. The standard InChI is InChI=1S/C29H37NO2.C3H6/c1-7-22(2)16-18-26(24-13-9-8-10-14-24)27(21-29(3,4)5)30(6)25-15-11-12-23(20-25)17-19-28(31)32;1-3-2/h7-16,18,20H,17,19,21H2,1-6H3,(H,31,32);3H,1H2,2H3/b18-16+,22-7+,27-26+;. The second-order valence-corrected chi connectivity index (χ2v) is 9.86. The smallest absolute Gasteiger partial charge is 0.303 e. The summed E-state index contributed by atoms with van der Waals surface area (Å²) in [4.78, 5) is 13.3. The molecule has 3 nitrogen and oxygen atoms in total. The van der Waals surface area contributed by atoms with Crippen LogP contribution in [0.2, 0.25) is 0 Å². The molecule has 0 amide bonds. The maximum atomic E-state index is 11.0. The molecular weight excluding hydrogens is 430 g/mol. The lowest BCUT2D eigenvalue weighted by Gasteiger charge is -2.31. The number of anilines is 1. The number of hydrogen-bond acceptors (Lipinski definition) is 2. The third-order valence-corrected chi connectivity index (χ3v) is 5.39. The molecule has 0 aromatic heterocycles. The zero-order chi connectivity index (χ0) is 26.4. The van der Waals surface area contributed by atoms with Crippen molar-refractivity contribution in [3.05, 3.63) is 108 Å². The molecule has 1 N–H and O–H groups in total. The third kappa shape index (κ3) is 11.1. The van der Waals surface area contributed by atoms with Gasteiger partial charge in [-0.1, -0.05) is 93.1 Å². The summed E-state index contributed by atoms with van der Waals surface area (Å²) in [6.07, 6.45) is 9.81. The van der Waals surface area contributed by atoms with E-state index in [1.165, 1.54) is 22.4 Å². The number of carboxylic acid groups (broad SMARTS) is 1. The summed E-state index contributed by atoms with van der Waals surface area (Å²) in [7, 11) is 2.11. The third-order valence-electron chi connectivity index (χ3n) is 5.39. The summed E-state index contributed by atoms with van der Waals surface area (Å²) in [5.74, 6) is -0.770. The summed E-state index contributed by atoms with van der Waals surface area (Å²) in [6.45, 7) is 16.2. The van der Waals surface area contributed by atoms with Crippen LogP contribution in [0.5, 0.6) is 0 Å². The van der Waals surface area contributed by atoms with Crippen molar-refractivity contribution in [1.29, 1.82) is 0 Å². The van der Waals surface area contributed by atoms with E-state index in [-0.39, 0.29) is 11.8 Å². The Balaban J connectivity index is 0.00000194. The Bertz CT molecular complexity index is 1040. The Morgan fingerprint density at radius 3 is 2.20 bits per heavy atom. The first-order valence-electron chi connectivity index (χ1n) is 12.2. The van der Waals surface area contributed by atoms with Gasteiger partial charge in [-0.3, -0.25) is 4.79 Å². The number of allylic oxidation sites excluding steroid dienone is 7. The van der Waals surface area contributed by atoms with E-state index in [0.29, 0.717) is 6.42 Å². The predicted octanol–water partition coefficient (Wildman–Crippen LogP) is 8.70. The van der Waals surface area contributed by atoms with Crippen molar-refractivity contribution in [1.82, 2.24) is 0 Å². The molecule has 2 aromatic rings. The number of benzene rings is 2. The number of hydrogen-bond donors (Lipinski definition) is 1. The molecule has 3 heteroatoms. The molecule has 0 aliphatic carbocycles. The van der Waals surface area contributed by atoms with Gasteiger partial charge in [-0.2, -0.15) is 0 Å². The van der Waals surface area contributed by atoms with Gasteiger partial charge in [-0.05, 0) is 62.3 Å². The first-order chi connectivity index (χ1) is 16.5. The molecule has 0 unspecified atom stereocenters. The highest BCUT2D eigenvalue weighted by Gasteiger charge is 2.21. The summed E-state index contributed by atoms with van der Waals surface area (Å²) in [5.41, 5.74) is 7.02. The fraction of sp³-hybridized carbons (Fsp3) is 0.344. The Kier molecular flexibility index (Phi) is 12.6. The number of rotatable bonds is 9. The Labute approximate surface area is 213 Å². The number of nitrogens with zero attached hydrogens (tertiary/aromatic N) is 1. The van der Waals surface area contributed by atoms with Gasteiger partial charge < -0.3 is 10.0 Å². The number of carboxylic acids is 1. The van der Waals surface area contributed by atoms with E-state index < -0.39 is 5.97 Å². The van der Waals surface area contributed by atoms with Gasteiger partial charge in [0.2, 0.25) is 0 Å². The number of aliphatic carboxylic acids is 1. The van der Waals surface area contributed by atoms with Crippen molar-refractivity contribution in [3.63, 3.8) is 0 Å². The van der Waals surface area contributed by atoms with E-state index in [9.17, 15) is 4.79 Å². The topological polar surface area (TPSA) is 40.5 Å². The van der Waals surface area contributed by atoms with Crippen LogP contribution in [-0.2, 0) is 11.2 Å². The molecule has 0 saturated heterocycles. The van der Waals surface area contributed by atoms with Crippen molar-refractivity contribution in [3.8, 4) is 0 Å². The van der Waals surface area contributed by atoms with Crippen LogP contribution >= 0.6 is 0 Å². The minimum absolute atomic E-state index is 0.0913. The predicted molar refractivity (Wildman–Crippen MR) is 153 cm³/mol. The lowest BCUT2D eigenvalue weighted by atomic mass is 9.86. The summed E-state index contributed by atoms with van der Waals surface area (Å²) < 4.78 is 0. The molecule has 0 aliphatic heterocycles. The Hall–Kier alpha value is -3.33. The largest absolute Gasteiger partial charge is 0.481 e. The summed E-state index contributed by atoms with van der Waals surface area (Å²) >= 11 is 0. The molecule has 0 fully saturated rings. The Morgan fingerprint density at radius 1 is 1.03 bits per heavy atom. The van der Waals surface area contributed by atoms with Crippen molar-refractivity contribution in [2.45, 2.75) is 60.8 Å². The van der Waals surface area contributed by atoms with Gasteiger partial charge in [0, 0.05) is 30.4 Å². The second kappa shape index (κ2) is 14.8. The van der Waals surface area contributed by atoms with Crippen molar-refractivity contribution in [2.24, 2.45) is 5.41 Å². The average molecular weight is 474 g/mol. The molecule has 0 spiro atoms. The number of aryl methyl sites for hydroxylation is 1. The van der Waals surface area contributed by atoms with Crippen LogP contribution in [0.1, 0.15) is 65.5 Å². The highest BCUT2D eigenvalue weighted by Crippen LogP contribution is 2.35. The average Bonchev–Trinajstić information content (AvgIpc) is 2.82. The summed E-state index contributed by atoms with van der Waals surface area (Å²) in [6, 6.07) is 18.7. The van der Waals surface area contributed by atoms with E-state index in [1.807, 2.05) is 25.1 Å². The first-order valence-corrected chi connectivity index (χ1v) is 12.2. The Morgan fingerprint density at radius 2 is 1.66 bits per heavy atom. The zero-order valence-corrected chi connectivity index (χ0v) is 22.6. The molecule has 2 rings (SSSR count). The zero-order valence-electron chi connectivity index (χ0n) is 22.6. The van der Waals surface area contributed by atoms with E-state index in [4.69, 9.17) is 5.11 Å². The molecule has 188 valence electrons. The lowest BCUT2D eigenvalue weighted by Crippen LogP contribution is -2.22. The van der Waals surface area contributed by atoms with Crippen LogP contribution < -0.4 is 4.90 Å². The van der Waals surface area contributed by atoms with E-state index >= 15 is 0 Å². The molecular formula is C32H43NO2. The molecule has 0 saturated carbocycles. The van der Waals surface area contributed by atoms with Crippen LogP contribution in [0.25, 0.3) is 5.57 Å². The van der Waals surface area contributed by atoms with Crippen LogP contribution in [-0.4, -0.2) is 18.1 Å². The highest BCUT2D eigenvalue weighted by molar-refractivity contribution is 5.80. The first kappa shape index (κ1) is 29.7. The second-order valence-electron chi connectivity index (χ2n) is 9.86. The van der Waals surface area contributed by atoms with Crippen LogP contribution in [0.4, 0.5) is 5.69 Å². The molecule has 35 heavy (non-hydrogen) atoms. The molecule has 0 atom stereocenters. The lowest BCUT2D eigenvalue weighted by molar-refractivity contribution is -0.136. The monoisotopic (exact) mass is 473 g/mol. The maximum Gasteiger partial charge on any atom is 0.303 e. The van der Waals surface area contributed by atoms with Crippen LogP contribution in [0.3, 0.4) is 0 Å². The van der Waals surface area contributed by atoms with Crippen LogP contribution in [0.15, 0.2) is 96.8 Å². The van der Waals surface area contributed by atoms with Crippen molar-refractivity contribution in [2.75, 3.05) is 11.9 Å². The highest BCUT2D eigenvalue weighted by atomic mass is 16.4. The normalized spacial score (nSPS) is 12.5. The van der Waals surface area contributed by atoms with E-state index in [2.05, 4.69) is 108 Å². The molecule has 2 aromatic carbocycles. The van der Waals surface area contributed by atoms with Crippen LogP contribution in [0, 0.1) is 5.41 Å². The maximum absolute atomic E-state index is 11.0. The number of carbonyl (C=O) groups is 1. The van der Waals surface area contributed by atoms with Crippen molar-refractivity contribution >= 4 is 17.2 Å².